The van der Waals surface area contributed by atoms with Crippen LogP contribution in [0.2, 0.25) is 0 Å². The number of hydrogen-bond donors (Lipinski definition) is 1. The summed E-state index contributed by atoms with van der Waals surface area (Å²) in [4.78, 5) is 16.4. The van der Waals surface area contributed by atoms with Crippen molar-refractivity contribution in [3.8, 4) is 0 Å². The maximum absolute atomic E-state index is 12.5. The van der Waals surface area contributed by atoms with Crippen molar-refractivity contribution in [1.29, 1.82) is 0 Å². The van der Waals surface area contributed by atoms with Gasteiger partial charge in [-0.05, 0) is 31.9 Å². The SMILES string of the molecule is Cc1ccc(C2NC3(CC3)C(=O)N2CCS(C)(=O)=O)s1. The fraction of sp³-hybridized carbons (Fsp3) is 0.615. The molecule has 1 aromatic rings. The number of carbonyl (C=O) groups is 1. The molecule has 1 atom stereocenters. The fourth-order valence-electron chi connectivity index (χ4n) is 2.60. The van der Waals surface area contributed by atoms with Crippen LogP contribution in [0.15, 0.2) is 12.1 Å². The van der Waals surface area contributed by atoms with Gasteiger partial charge in [-0.25, -0.2) is 8.42 Å². The highest BCUT2D eigenvalue weighted by atomic mass is 32.2. The molecule has 1 spiro atoms. The van der Waals surface area contributed by atoms with E-state index in [0.717, 1.165) is 17.7 Å². The summed E-state index contributed by atoms with van der Waals surface area (Å²) in [5.74, 6) is 0.0642. The van der Waals surface area contributed by atoms with Crippen molar-refractivity contribution in [1.82, 2.24) is 10.2 Å². The van der Waals surface area contributed by atoms with Crippen LogP contribution in [0.4, 0.5) is 0 Å². The van der Waals surface area contributed by atoms with E-state index >= 15 is 0 Å². The Balaban J connectivity index is 1.85. The molecular formula is C13H18N2O3S2. The van der Waals surface area contributed by atoms with Crippen molar-refractivity contribution < 1.29 is 13.2 Å². The molecule has 0 bridgehead atoms. The molecule has 1 saturated heterocycles. The molecule has 20 heavy (non-hydrogen) atoms. The van der Waals surface area contributed by atoms with Crippen molar-refractivity contribution in [3.63, 3.8) is 0 Å². The zero-order valence-corrected chi connectivity index (χ0v) is 13.2. The molecule has 2 aliphatic rings. The Labute approximate surface area is 122 Å². The predicted molar refractivity (Wildman–Crippen MR) is 78.3 cm³/mol. The standard InChI is InChI=1S/C13H18N2O3S2/c1-9-3-4-10(19-9)11-14-13(5-6-13)12(16)15(11)7-8-20(2,17)18/h3-4,11,14H,5-8H2,1-2H3. The Hall–Kier alpha value is -0.920. The third-order valence-electron chi connectivity index (χ3n) is 3.88. The molecule has 5 nitrogen and oxygen atoms in total. The van der Waals surface area contributed by atoms with Gasteiger partial charge in [0.05, 0.1) is 5.75 Å². The zero-order valence-electron chi connectivity index (χ0n) is 11.5. The smallest absolute Gasteiger partial charge is 0.244 e. The van der Waals surface area contributed by atoms with Crippen LogP contribution in [0.25, 0.3) is 0 Å². The Kier molecular flexibility index (Phi) is 3.19. The van der Waals surface area contributed by atoms with Gasteiger partial charge in [-0.1, -0.05) is 0 Å². The molecule has 0 aromatic carbocycles. The Morgan fingerprint density at radius 2 is 2.15 bits per heavy atom. The van der Waals surface area contributed by atoms with Crippen LogP contribution in [0.3, 0.4) is 0 Å². The number of hydrogen-bond acceptors (Lipinski definition) is 5. The number of thiophene rings is 1. The van der Waals surface area contributed by atoms with Crippen LogP contribution in [0.1, 0.15) is 28.8 Å². The van der Waals surface area contributed by atoms with Gasteiger partial charge in [0.25, 0.3) is 0 Å². The highest BCUT2D eigenvalue weighted by molar-refractivity contribution is 7.90. The predicted octanol–water partition coefficient (Wildman–Crippen LogP) is 1.06. The average Bonchev–Trinajstić information content (AvgIpc) is 2.92. The second kappa shape index (κ2) is 4.54. The first-order valence-corrected chi connectivity index (χ1v) is 9.51. The number of nitrogens with zero attached hydrogens (tertiary/aromatic N) is 1. The molecule has 1 unspecified atom stereocenters. The minimum Gasteiger partial charge on any atom is -0.319 e. The number of sulfone groups is 1. The molecule has 7 heteroatoms. The molecule has 1 amide bonds. The molecule has 110 valence electrons. The summed E-state index contributed by atoms with van der Waals surface area (Å²) in [5, 5.41) is 3.40. The molecule has 1 aliphatic heterocycles. The van der Waals surface area contributed by atoms with E-state index < -0.39 is 15.4 Å². The summed E-state index contributed by atoms with van der Waals surface area (Å²) in [7, 11) is -3.07. The van der Waals surface area contributed by atoms with Gasteiger partial charge in [-0.2, -0.15) is 0 Å². The van der Waals surface area contributed by atoms with Crippen molar-refractivity contribution in [3.05, 3.63) is 21.9 Å². The Bertz CT molecular complexity index is 646. The lowest BCUT2D eigenvalue weighted by molar-refractivity contribution is -0.130. The molecule has 1 N–H and O–H groups in total. The van der Waals surface area contributed by atoms with Gasteiger partial charge < -0.3 is 4.90 Å². The lowest BCUT2D eigenvalue weighted by Gasteiger charge is -2.22. The number of aryl methyl sites for hydroxylation is 1. The highest BCUT2D eigenvalue weighted by Gasteiger charge is 2.59. The summed E-state index contributed by atoms with van der Waals surface area (Å²) in [6.45, 7) is 2.28. The van der Waals surface area contributed by atoms with Gasteiger partial charge in [0.2, 0.25) is 5.91 Å². The lowest BCUT2D eigenvalue weighted by atomic mass is 10.3. The van der Waals surface area contributed by atoms with E-state index in [4.69, 9.17) is 0 Å². The number of carbonyl (C=O) groups excluding carboxylic acids is 1. The maximum Gasteiger partial charge on any atom is 0.244 e. The number of amides is 1. The minimum atomic E-state index is -3.07. The molecular weight excluding hydrogens is 296 g/mol. The largest absolute Gasteiger partial charge is 0.319 e. The van der Waals surface area contributed by atoms with Crippen molar-refractivity contribution in [2.24, 2.45) is 0 Å². The van der Waals surface area contributed by atoms with E-state index in [9.17, 15) is 13.2 Å². The van der Waals surface area contributed by atoms with E-state index in [1.165, 1.54) is 11.1 Å². The molecule has 1 aliphatic carbocycles. The summed E-state index contributed by atoms with van der Waals surface area (Å²) in [6.07, 6.45) is 2.73. The van der Waals surface area contributed by atoms with Crippen molar-refractivity contribution in [2.45, 2.75) is 31.5 Å². The van der Waals surface area contributed by atoms with Gasteiger partial charge in [0.1, 0.15) is 21.5 Å². The zero-order chi connectivity index (χ0) is 14.5. The van der Waals surface area contributed by atoms with Crippen LogP contribution < -0.4 is 5.32 Å². The van der Waals surface area contributed by atoms with E-state index in [0.29, 0.717) is 0 Å². The van der Waals surface area contributed by atoms with Gasteiger partial charge in [-0.3, -0.25) is 10.1 Å². The van der Waals surface area contributed by atoms with Crippen LogP contribution in [0, 0.1) is 6.92 Å². The normalized spacial score (nSPS) is 24.6. The van der Waals surface area contributed by atoms with Crippen LogP contribution in [-0.4, -0.2) is 43.3 Å². The van der Waals surface area contributed by atoms with Crippen molar-refractivity contribution >= 4 is 27.1 Å². The van der Waals surface area contributed by atoms with Crippen molar-refractivity contribution in [2.75, 3.05) is 18.6 Å². The monoisotopic (exact) mass is 314 g/mol. The van der Waals surface area contributed by atoms with Crippen LogP contribution in [0.5, 0.6) is 0 Å². The molecule has 1 aromatic heterocycles. The topological polar surface area (TPSA) is 66.5 Å². The van der Waals surface area contributed by atoms with Crippen LogP contribution in [-0.2, 0) is 14.6 Å². The summed E-state index contributed by atoms with van der Waals surface area (Å²) < 4.78 is 22.7. The summed E-state index contributed by atoms with van der Waals surface area (Å²) in [6, 6.07) is 4.04. The van der Waals surface area contributed by atoms with Crippen LogP contribution >= 0.6 is 11.3 Å². The maximum atomic E-state index is 12.5. The molecule has 2 fully saturated rings. The molecule has 1 saturated carbocycles. The first-order chi connectivity index (χ1) is 9.31. The van der Waals surface area contributed by atoms with E-state index in [-0.39, 0.29) is 24.4 Å². The quantitative estimate of drug-likeness (QED) is 0.902. The summed E-state index contributed by atoms with van der Waals surface area (Å²) in [5.41, 5.74) is -0.417. The van der Waals surface area contributed by atoms with E-state index in [2.05, 4.69) is 5.32 Å². The van der Waals surface area contributed by atoms with Gasteiger partial charge in [0, 0.05) is 22.6 Å². The number of rotatable bonds is 4. The first-order valence-electron chi connectivity index (χ1n) is 6.64. The fourth-order valence-corrected chi connectivity index (χ4v) is 4.07. The minimum absolute atomic E-state index is 0.0113. The van der Waals surface area contributed by atoms with E-state index in [1.807, 2.05) is 19.1 Å². The van der Waals surface area contributed by atoms with Gasteiger partial charge in [0.15, 0.2) is 0 Å². The molecule has 3 rings (SSSR count). The molecule has 0 radical (unpaired) electrons. The summed E-state index contributed by atoms with van der Waals surface area (Å²) >= 11 is 1.65. The third kappa shape index (κ3) is 2.49. The second-order valence-corrected chi connectivity index (χ2v) is 9.29. The second-order valence-electron chi connectivity index (χ2n) is 5.71. The van der Waals surface area contributed by atoms with Gasteiger partial charge in [-0.15, -0.1) is 11.3 Å². The first kappa shape index (κ1) is 14.0. The Morgan fingerprint density at radius 3 is 2.65 bits per heavy atom. The van der Waals surface area contributed by atoms with Gasteiger partial charge >= 0.3 is 0 Å². The van der Waals surface area contributed by atoms with E-state index in [1.54, 1.807) is 16.2 Å². The third-order valence-corrected chi connectivity index (χ3v) is 5.86. The average molecular weight is 314 g/mol. The number of nitrogens with one attached hydrogen (secondary N) is 1. The lowest BCUT2D eigenvalue weighted by Crippen LogP contribution is -2.35. The Morgan fingerprint density at radius 1 is 1.45 bits per heavy atom. The highest BCUT2D eigenvalue weighted by Crippen LogP contribution is 2.46. The molecule has 2 heterocycles.